The maximum atomic E-state index is 11.5. The summed E-state index contributed by atoms with van der Waals surface area (Å²) in [4.78, 5) is 20.2. The van der Waals surface area contributed by atoms with Crippen LogP contribution in [0.5, 0.6) is 23.0 Å². The summed E-state index contributed by atoms with van der Waals surface area (Å²) in [6, 6.07) is 16.3. The number of fused-ring (bicyclic) bond motifs is 1. The molecule has 0 aliphatic carbocycles. The lowest BCUT2D eigenvalue weighted by Gasteiger charge is -2.13. The molecule has 4 aromatic rings. The van der Waals surface area contributed by atoms with Crippen LogP contribution in [0.4, 0.5) is 5.69 Å². The second kappa shape index (κ2) is 9.22. The smallest absolute Gasteiger partial charge is 0.250 e. The highest BCUT2D eigenvalue weighted by Gasteiger charge is 2.12. The van der Waals surface area contributed by atoms with Crippen molar-refractivity contribution in [2.24, 2.45) is 5.73 Å². The first-order valence-corrected chi connectivity index (χ1v) is 9.85. The molecule has 3 N–H and O–H groups in total. The molecule has 8 heteroatoms. The van der Waals surface area contributed by atoms with E-state index in [0.717, 1.165) is 16.6 Å². The molecule has 0 saturated carbocycles. The number of carbonyl (C=O) groups is 1. The van der Waals surface area contributed by atoms with Crippen LogP contribution < -0.4 is 25.3 Å². The number of rotatable bonds is 8. The van der Waals surface area contributed by atoms with Crippen LogP contribution in [0, 0.1) is 0 Å². The number of carbonyl (C=O) groups excluding carboxylic acids is 1. The third-order valence-corrected chi connectivity index (χ3v) is 4.90. The fourth-order valence-electron chi connectivity index (χ4n) is 3.29. The second-order valence-corrected chi connectivity index (χ2v) is 6.88. The minimum absolute atomic E-state index is 0.371. The predicted octanol–water partition coefficient (Wildman–Crippen LogP) is 4.15. The monoisotopic (exact) mass is 430 g/mol. The van der Waals surface area contributed by atoms with E-state index < -0.39 is 5.91 Å². The number of aromatic nitrogens is 2. The highest BCUT2D eigenvalue weighted by molar-refractivity contribution is 5.93. The van der Waals surface area contributed by atoms with E-state index in [2.05, 4.69) is 15.3 Å². The third-order valence-electron chi connectivity index (χ3n) is 4.90. The average molecular weight is 430 g/mol. The van der Waals surface area contributed by atoms with Gasteiger partial charge in [0.2, 0.25) is 0 Å². The van der Waals surface area contributed by atoms with E-state index in [0.29, 0.717) is 40.8 Å². The van der Waals surface area contributed by atoms with E-state index in [9.17, 15) is 4.79 Å². The molecule has 0 atom stereocenters. The van der Waals surface area contributed by atoms with Gasteiger partial charge in [0.1, 0.15) is 11.5 Å². The van der Waals surface area contributed by atoms with Crippen LogP contribution in [-0.2, 0) is 6.54 Å². The lowest BCUT2D eigenvalue weighted by atomic mass is 10.1. The highest BCUT2D eigenvalue weighted by Crippen LogP contribution is 2.37. The first-order chi connectivity index (χ1) is 15.6. The summed E-state index contributed by atoms with van der Waals surface area (Å²) in [6.45, 7) is 0.371. The molecule has 0 bridgehead atoms. The summed E-state index contributed by atoms with van der Waals surface area (Å²) >= 11 is 0. The Kier molecular flexibility index (Phi) is 6.03. The van der Waals surface area contributed by atoms with E-state index >= 15 is 0 Å². The standard InChI is InChI=1S/C24H22N4O4/c1-30-22-12-18-19(13-23(22)31-2)27-11-9-21(18)32-16-7-5-15(6-8-16)28-14-20-17(24(25)29)4-3-10-26-20/h3-13,28H,14H2,1-2H3,(H2,25,29). The van der Waals surface area contributed by atoms with Gasteiger partial charge in [-0.05, 0) is 48.5 Å². The van der Waals surface area contributed by atoms with Crippen molar-refractivity contribution in [2.45, 2.75) is 6.54 Å². The normalized spacial score (nSPS) is 10.6. The van der Waals surface area contributed by atoms with Gasteiger partial charge in [-0.25, -0.2) is 0 Å². The van der Waals surface area contributed by atoms with Crippen LogP contribution in [0.25, 0.3) is 10.9 Å². The molecule has 0 saturated heterocycles. The van der Waals surface area contributed by atoms with Crippen LogP contribution in [0.15, 0.2) is 67.0 Å². The molecule has 1 amide bonds. The number of primary amides is 1. The number of benzene rings is 2. The highest BCUT2D eigenvalue weighted by atomic mass is 16.5. The molecule has 162 valence electrons. The van der Waals surface area contributed by atoms with Gasteiger partial charge in [0.05, 0.1) is 37.5 Å². The Labute approximate surface area is 185 Å². The minimum Gasteiger partial charge on any atom is -0.493 e. The Morgan fingerprint density at radius 3 is 2.41 bits per heavy atom. The van der Waals surface area contributed by atoms with E-state index in [1.165, 1.54) is 0 Å². The summed E-state index contributed by atoms with van der Waals surface area (Å²) < 4.78 is 16.8. The molecule has 0 fully saturated rings. The van der Waals surface area contributed by atoms with Gasteiger partial charge >= 0.3 is 0 Å². The average Bonchev–Trinajstić information content (AvgIpc) is 2.83. The van der Waals surface area contributed by atoms with Crippen molar-refractivity contribution in [1.82, 2.24) is 9.97 Å². The largest absolute Gasteiger partial charge is 0.493 e. The quantitative estimate of drug-likeness (QED) is 0.432. The van der Waals surface area contributed by atoms with Crippen molar-refractivity contribution in [2.75, 3.05) is 19.5 Å². The zero-order chi connectivity index (χ0) is 22.5. The molecular weight excluding hydrogens is 408 g/mol. The molecule has 32 heavy (non-hydrogen) atoms. The first kappa shape index (κ1) is 20.9. The Morgan fingerprint density at radius 2 is 1.69 bits per heavy atom. The van der Waals surface area contributed by atoms with Crippen molar-refractivity contribution in [3.8, 4) is 23.0 Å². The molecule has 0 aliphatic rings. The first-order valence-electron chi connectivity index (χ1n) is 9.85. The topological polar surface area (TPSA) is 109 Å². The Morgan fingerprint density at radius 1 is 0.938 bits per heavy atom. The molecule has 0 spiro atoms. The molecule has 0 unspecified atom stereocenters. The molecule has 2 aromatic carbocycles. The van der Waals surface area contributed by atoms with Crippen LogP contribution in [0.3, 0.4) is 0 Å². The third kappa shape index (κ3) is 4.39. The lowest BCUT2D eigenvalue weighted by molar-refractivity contribution is 0.0999. The number of amides is 1. The molecule has 2 aromatic heterocycles. The van der Waals surface area contributed by atoms with Gasteiger partial charge in [0.15, 0.2) is 11.5 Å². The SMILES string of the molecule is COc1cc2nccc(Oc3ccc(NCc4ncccc4C(N)=O)cc3)c2cc1OC. The predicted molar refractivity (Wildman–Crippen MR) is 121 cm³/mol. The maximum absolute atomic E-state index is 11.5. The molecule has 0 radical (unpaired) electrons. The molecule has 4 rings (SSSR count). The number of methoxy groups -OCH3 is 2. The van der Waals surface area contributed by atoms with Crippen molar-refractivity contribution in [3.63, 3.8) is 0 Å². The van der Waals surface area contributed by atoms with Crippen molar-refractivity contribution < 1.29 is 19.0 Å². The number of anilines is 1. The number of hydrogen-bond acceptors (Lipinski definition) is 7. The van der Waals surface area contributed by atoms with Crippen LogP contribution in [0.1, 0.15) is 16.1 Å². The number of pyridine rings is 2. The van der Waals surface area contributed by atoms with Gasteiger partial charge < -0.3 is 25.3 Å². The maximum Gasteiger partial charge on any atom is 0.250 e. The zero-order valence-electron chi connectivity index (χ0n) is 17.7. The zero-order valence-corrected chi connectivity index (χ0v) is 17.7. The van der Waals surface area contributed by atoms with Crippen LogP contribution >= 0.6 is 0 Å². The minimum atomic E-state index is -0.502. The van der Waals surface area contributed by atoms with Crippen LogP contribution in [0.2, 0.25) is 0 Å². The van der Waals surface area contributed by atoms with E-state index in [1.54, 1.807) is 44.8 Å². The molecular formula is C24H22N4O4. The van der Waals surface area contributed by atoms with E-state index in [-0.39, 0.29) is 0 Å². The van der Waals surface area contributed by atoms with Gasteiger partial charge in [-0.1, -0.05) is 0 Å². The molecule has 2 heterocycles. The molecule has 8 nitrogen and oxygen atoms in total. The summed E-state index contributed by atoms with van der Waals surface area (Å²) in [5, 5.41) is 4.05. The summed E-state index contributed by atoms with van der Waals surface area (Å²) in [5.74, 6) is 2.01. The lowest BCUT2D eigenvalue weighted by Crippen LogP contribution is -2.16. The fraction of sp³-hybridized carbons (Fsp3) is 0.125. The van der Waals surface area contributed by atoms with Gasteiger partial charge in [-0.15, -0.1) is 0 Å². The van der Waals surface area contributed by atoms with Crippen LogP contribution in [-0.4, -0.2) is 30.1 Å². The van der Waals surface area contributed by atoms with Crippen molar-refractivity contribution in [1.29, 1.82) is 0 Å². The van der Waals surface area contributed by atoms with E-state index in [4.69, 9.17) is 19.9 Å². The summed E-state index contributed by atoms with van der Waals surface area (Å²) in [5.41, 5.74) is 7.98. The fourth-order valence-corrected chi connectivity index (χ4v) is 3.29. The van der Waals surface area contributed by atoms with Gasteiger partial charge in [-0.2, -0.15) is 0 Å². The van der Waals surface area contributed by atoms with E-state index in [1.807, 2.05) is 36.4 Å². The Balaban J connectivity index is 1.51. The summed E-state index contributed by atoms with van der Waals surface area (Å²) in [7, 11) is 3.17. The van der Waals surface area contributed by atoms with Gasteiger partial charge in [0.25, 0.3) is 5.91 Å². The second-order valence-electron chi connectivity index (χ2n) is 6.88. The number of ether oxygens (including phenoxy) is 3. The molecule has 0 aliphatic heterocycles. The number of hydrogen-bond donors (Lipinski definition) is 2. The summed E-state index contributed by atoms with van der Waals surface area (Å²) in [6.07, 6.45) is 3.31. The number of nitrogens with two attached hydrogens (primary N) is 1. The number of nitrogens with zero attached hydrogens (tertiary/aromatic N) is 2. The Bertz CT molecular complexity index is 1260. The Hall–Kier alpha value is -4.33. The van der Waals surface area contributed by atoms with Crippen molar-refractivity contribution in [3.05, 3.63) is 78.2 Å². The van der Waals surface area contributed by atoms with Gasteiger partial charge in [-0.3, -0.25) is 14.8 Å². The van der Waals surface area contributed by atoms with Gasteiger partial charge in [0, 0.05) is 29.5 Å². The number of nitrogens with one attached hydrogen (secondary N) is 1. The van der Waals surface area contributed by atoms with Crippen molar-refractivity contribution >= 4 is 22.5 Å².